The number of halogens is 1. The van der Waals surface area contributed by atoms with Gasteiger partial charge in [-0.15, -0.1) is 0 Å². The van der Waals surface area contributed by atoms with E-state index in [9.17, 15) is 4.79 Å². The van der Waals surface area contributed by atoms with Crippen LogP contribution in [0.5, 0.6) is 0 Å². The molecule has 1 unspecified atom stereocenters. The van der Waals surface area contributed by atoms with Gasteiger partial charge in [0.15, 0.2) is 0 Å². The first-order chi connectivity index (χ1) is 18.0. The number of benzene rings is 2. The Morgan fingerprint density at radius 3 is 2.46 bits per heavy atom. The van der Waals surface area contributed by atoms with Gasteiger partial charge in [0.05, 0.1) is 34.7 Å². The molecule has 2 aromatic carbocycles. The molecule has 1 atom stereocenters. The van der Waals surface area contributed by atoms with Gasteiger partial charge >= 0.3 is 5.97 Å². The number of rotatable bonds is 6. The maximum absolute atomic E-state index is 15.2. The second-order valence-electron chi connectivity index (χ2n) is 10.0. The van der Waals surface area contributed by atoms with Crippen LogP contribution in [0.1, 0.15) is 56.0 Å². The predicted octanol–water partition coefficient (Wildman–Crippen LogP) is 4.43. The van der Waals surface area contributed by atoms with Gasteiger partial charge in [-0.05, 0) is 78.8 Å². The molecule has 1 fully saturated rings. The molecule has 2 aliphatic carbocycles. The molecule has 0 saturated heterocycles. The number of nitrogens with one attached hydrogen (secondary N) is 1. The van der Waals surface area contributed by atoms with Gasteiger partial charge in [0.2, 0.25) is 0 Å². The van der Waals surface area contributed by atoms with Crippen molar-refractivity contribution < 1.29 is 14.3 Å². The van der Waals surface area contributed by atoms with Gasteiger partial charge in [0.1, 0.15) is 11.6 Å². The van der Waals surface area contributed by atoms with Gasteiger partial charge in [-0.1, -0.05) is 36.4 Å². The van der Waals surface area contributed by atoms with E-state index in [1.54, 1.807) is 29.3 Å². The van der Waals surface area contributed by atoms with Crippen LogP contribution in [0.15, 0.2) is 54.9 Å². The van der Waals surface area contributed by atoms with Crippen LogP contribution in [-0.2, 0) is 4.79 Å². The first kappa shape index (κ1) is 23.3. The number of carboxylic acids is 1. The molecule has 2 aromatic heterocycles. The van der Waals surface area contributed by atoms with E-state index >= 15 is 4.39 Å². The van der Waals surface area contributed by atoms with E-state index in [4.69, 9.17) is 5.11 Å². The van der Waals surface area contributed by atoms with Gasteiger partial charge in [-0.25, -0.2) is 9.37 Å². The highest BCUT2D eigenvalue weighted by molar-refractivity contribution is 5.69. The standard InChI is InChI=1S/C29H28FN5O2/c30-25-16-22(21-7-5-20(6-8-21)19-3-1-18(2-4-19)15-28(36)37)9-11-24(25)29-33-26-12-10-23(17-27(26)34-29)35-31-13-14-32-35/h5-9,11-14,16-19,23H,1-4,10,15H2,(H,33,34)(H,36,37). The number of aromatic nitrogens is 5. The average molecular weight is 498 g/mol. The van der Waals surface area contributed by atoms with Crippen molar-refractivity contribution in [1.29, 1.82) is 0 Å². The zero-order chi connectivity index (χ0) is 25.4. The van der Waals surface area contributed by atoms with E-state index in [0.29, 0.717) is 23.2 Å². The Hall–Kier alpha value is -4.07. The molecule has 1 saturated carbocycles. The number of hydrogen-bond donors (Lipinski definition) is 2. The normalized spacial score (nSPS) is 21.1. The first-order valence-electron chi connectivity index (χ1n) is 12.8. The predicted molar refractivity (Wildman–Crippen MR) is 138 cm³/mol. The second-order valence-corrected chi connectivity index (χ2v) is 10.0. The van der Waals surface area contributed by atoms with Crippen LogP contribution in [0.3, 0.4) is 0 Å². The molecule has 0 bridgehead atoms. The lowest BCUT2D eigenvalue weighted by Crippen LogP contribution is -2.30. The van der Waals surface area contributed by atoms with Crippen molar-refractivity contribution in [2.24, 2.45) is 5.92 Å². The Balaban J connectivity index is 1.18. The number of imidazole rings is 1. The van der Waals surface area contributed by atoms with Crippen LogP contribution >= 0.6 is 0 Å². The Morgan fingerprint density at radius 1 is 1.03 bits per heavy atom. The van der Waals surface area contributed by atoms with Crippen LogP contribution in [-0.4, -0.2) is 36.0 Å². The van der Waals surface area contributed by atoms with E-state index in [0.717, 1.165) is 53.9 Å². The summed E-state index contributed by atoms with van der Waals surface area (Å²) in [5, 5.41) is 19.1. The van der Waals surface area contributed by atoms with Crippen molar-refractivity contribution in [3.8, 4) is 22.5 Å². The lowest BCUT2D eigenvalue weighted by atomic mass is 9.77. The van der Waals surface area contributed by atoms with E-state index in [-0.39, 0.29) is 18.3 Å². The Bertz CT molecular complexity index is 1530. The maximum Gasteiger partial charge on any atom is 0.303 e. The van der Waals surface area contributed by atoms with Crippen molar-refractivity contribution in [2.45, 2.75) is 50.5 Å². The van der Waals surface area contributed by atoms with Crippen molar-refractivity contribution in [2.75, 3.05) is 0 Å². The minimum absolute atomic E-state index is 0.00535. The van der Waals surface area contributed by atoms with E-state index < -0.39 is 5.97 Å². The molecular weight excluding hydrogens is 469 g/mol. The summed E-state index contributed by atoms with van der Waals surface area (Å²) in [6, 6.07) is 13.6. The summed E-state index contributed by atoms with van der Waals surface area (Å²) >= 11 is 0. The smallest absolute Gasteiger partial charge is 0.303 e. The topological polar surface area (TPSA) is 96.7 Å². The van der Waals surface area contributed by atoms with Crippen molar-refractivity contribution in [1.82, 2.24) is 25.0 Å². The summed E-state index contributed by atoms with van der Waals surface area (Å²) in [5.41, 5.74) is 3.48. The number of nitrogens with zero attached hydrogens (tertiary/aromatic N) is 4. The van der Waals surface area contributed by atoms with Crippen molar-refractivity contribution in [3.05, 3.63) is 76.9 Å². The molecule has 7 nitrogen and oxygen atoms in total. The number of hydrogen-bond acceptors (Lipinski definition) is 4. The minimum atomic E-state index is -0.703. The summed E-state index contributed by atoms with van der Waals surface area (Å²) in [5.74, 6) is 0.227. The van der Waals surface area contributed by atoms with Crippen LogP contribution in [0.2, 0.25) is 0 Å². The van der Waals surface area contributed by atoms with Crippen molar-refractivity contribution >= 4 is 18.1 Å². The Labute approximate surface area is 213 Å². The maximum atomic E-state index is 15.2. The van der Waals surface area contributed by atoms with E-state index in [2.05, 4.69) is 32.3 Å². The quantitative estimate of drug-likeness (QED) is 0.411. The third-order valence-electron chi connectivity index (χ3n) is 7.66. The molecule has 0 radical (unpaired) electrons. The Kier molecular flexibility index (Phi) is 6.16. The fourth-order valence-electron chi connectivity index (χ4n) is 5.64. The van der Waals surface area contributed by atoms with Crippen LogP contribution in [0, 0.1) is 11.7 Å². The lowest BCUT2D eigenvalue weighted by Gasteiger charge is -2.28. The lowest BCUT2D eigenvalue weighted by molar-refractivity contribution is -0.138. The number of H-pyrrole nitrogens is 1. The summed E-state index contributed by atoms with van der Waals surface area (Å²) in [6.45, 7) is 0. The fourth-order valence-corrected chi connectivity index (χ4v) is 5.64. The SMILES string of the molecule is O=C(O)CC1CCC(c2ccc(-c3ccc(-c4nc5c([nH]4)=CC(n4nccn4)CC=5)c(F)c3)cc2)CC1. The summed E-state index contributed by atoms with van der Waals surface area (Å²) < 4.78 is 15.2. The van der Waals surface area contributed by atoms with Crippen LogP contribution < -0.4 is 10.7 Å². The fraction of sp³-hybridized carbons (Fsp3) is 0.310. The Morgan fingerprint density at radius 2 is 1.76 bits per heavy atom. The van der Waals surface area contributed by atoms with E-state index in [1.807, 2.05) is 30.4 Å². The number of fused-ring (bicyclic) bond motifs is 1. The van der Waals surface area contributed by atoms with Gasteiger partial charge in [0.25, 0.3) is 0 Å². The molecule has 4 aromatic rings. The summed E-state index contributed by atoms with van der Waals surface area (Å²) in [6.07, 6.45) is 12.3. The highest BCUT2D eigenvalue weighted by atomic mass is 19.1. The van der Waals surface area contributed by atoms with Gasteiger partial charge in [0, 0.05) is 6.42 Å². The first-order valence-corrected chi connectivity index (χ1v) is 12.8. The third kappa shape index (κ3) is 4.83. The number of aliphatic carboxylic acids is 1. The average Bonchev–Trinajstić information content (AvgIpc) is 3.59. The monoisotopic (exact) mass is 497 g/mol. The molecule has 0 spiro atoms. The molecule has 2 N–H and O–H groups in total. The molecule has 8 heteroatoms. The summed E-state index contributed by atoms with van der Waals surface area (Å²) in [4.78, 5) is 20.5. The number of carbonyl (C=O) groups is 1. The van der Waals surface area contributed by atoms with Gasteiger partial charge < -0.3 is 10.1 Å². The third-order valence-corrected chi connectivity index (χ3v) is 7.66. The van der Waals surface area contributed by atoms with Crippen LogP contribution in [0.25, 0.3) is 34.7 Å². The molecule has 2 aliphatic rings. The largest absolute Gasteiger partial charge is 0.481 e. The minimum Gasteiger partial charge on any atom is -0.481 e. The number of aromatic amines is 1. The zero-order valence-corrected chi connectivity index (χ0v) is 20.3. The highest BCUT2D eigenvalue weighted by Crippen LogP contribution is 2.37. The van der Waals surface area contributed by atoms with Crippen LogP contribution in [0.4, 0.5) is 4.39 Å². The molecule has 188 valence electrons. The van der Waals surface area contributed by atoms with E-state index in [1.165, 1.54) is 5.56 Å². The second kappa shape index (κ2) is 9.76. The zero-order valence-electron chi connectivity index (χ0n) is 20.3. The van der Waals surface area contributed by atoms with Gasteiger partial charge in [-0.3, -0.25) is 4.79 Å². The summed E-state index contributed by atoms with van der Waals surface area (Å²) in [7, 11) is 0. The molecule has 2 heterocycles. The molecule has 37 heavy (non-hydrogen) atoms. The number of carboxylic acid groups (broad SMARTS) is 1. The highest BCUT2D eigenvalue weighted by Gasteiger charge is 2.24. The van der Waals surface area contributed by atoms with Crippen molar-refractivity contribution in [3.63, 3.8) is 0 Å². The molecule has 0 aliphatic heterocycles. The molecule has 6 rings (SSSR count). The molecule has 0 amide bonds. The van der Waals surface area contributed by atoms with Gasteiger partial charge in [-0.2, -0.15) is 15.0 Å². The molecular formula is C29H28FN5O2.